The van der Waals surface area contributed by atoms with Crippen LogP contribution in [0.4, 0.5) is 0 Å². The van der Waals surface area contributed by atoms with Gasteiger partial charge in [-0.3, -0.25) is 9.59 Å². The number of nitrogens with zero attached hydrogens (tertiary/aromatic N) is 1. The van der Waals surface area contributed by atoms with Crippen LogP contribution in [0.3, 0.4) is 0 Å². The number of hydrogen-bond donors (Lipinski definition) is 5. The van der Waals surface area contributed by atoms with Crippen LogP contribution in [0.25, 0.3) is 0 Å². The van der Waals surface area contributed by atoms with Gasteiger partial charge in [0.05, 0.1) is 48.3 Å². The summed E-state index contributed by atoms with van der Waals surface area (Å²) in [5.74, 6) is -5.37. The van der Waals surface area contributed by atoms with Crippen LogP contribution in [0.2, 0.25) is 0 Å². The largest absolute Gasteiger partial charge is 0.459 e. The Hall–Kier alpha value is -1.34. The topological polar surface area (TPSA) is 203 Å². The predicted molar refractivity (Wildman–Crippen MR) is 192 cm³/mol. The Labute approximate surface area is 315 Å². The van der Waals surface area contributed by atoms with Gasteiger partial charge in [0.1, 0.15) is 35.6 Å². The van der Waals surface area contributed by atoms with Crippen molar-refractivity contribution in [3.63, 3.8) is 0 Å². The molecule has 3 fully saturated rings. The molecule has 3 aliphatic rings. The van der Waals surface area contributed by atoms with Crippen molar-refractivity contribution in [3.05, 3.63) is 0 Å². The molecule has 0 amide bonds. The Balaban J connectivity index is 2.26. The Morgan fingerprint density at radius 3 is 2.02 bits per heavy atom. The molecule has 53 heavy (non-hydrogen) atoms. The van der Waals surface area contributed by atoms with Crippen molar-refractivity contribution in [1.29, 1.82) is 0 Å². The standard InChI is InChI=1S/C38H69NO14/c1-14-26-38(9,46)31(43)21(4)28(41)19(2)16-37(8,48-13)33(53-35-29(42)25(39(10)11)15-20(3)49-35)22(5)30(24(18-40)34(45)51-26)52-27-17-36(7,47-12)32(44)23(6)50-27/h19-27,29-33,35,40,42-44,46H,14-18H2,1-13H3/t19-,20-,21+,22-,23+,24-,25+,26-,27+,29-,30+,31+,32+,33-,35+,36-,37-,38-/m1/s1. The second-order valence-electron chi connectivity index (χ2n) is 16.6. The zero-order valence-corrected chi connectivity index (χ0v) is 34.1. The Morgan fingerprint density at radius 1 is 0.887 bits per heavy atom. The molecule has 0 aromatic carbocycles. The average molecular weight is 764 g/mol. The summed E-state index contributed by atoms with van der Waals surface area (Å²) in [7, 11) is 6.64. The van der Waals surface area contributed by atoms with Crippen molar-refractivity contribution in [2.75, 3.05) is 34.9 Å². The minimum absolute atomic E-state index is 0.0485. The molecule has 0 spiro atoms. The number of aliphatic hydroxyl groups excluding tert-OH is 4. The molecule has 15 heteroatoms. The lowest BCUT2D eigenvalue weighted by Crippen LogP contribution is -2.62. The van der Waals surface area contributed by atoms with E-state index >= 15 is 0 Å². The van der Waals surface area contributed by atoms with Gasteiger partial charge in [-0.2, -0.15) is 0 Å². The van der Waals surface area contributed by atoms with Crippen LogP contribution in [-0.2, 0) is 42.7 Å². The van der Waals surface area contributed by atoms with Crippen LogP contribution in [0.15, 0.2) is 0 Å². The van der Waals surface area contributed by atoms with E-state index in [1.165, 1.54) is 28.1 Å². The summed E-state index contributed by atoms with van der Waals surface area (Å²) in [6.45, 7) is 14.2. The van der Waals surface area contributed by atoms with Crippen LogP contribution < -0.4 is 0 Å². The second kappa shape index (κ2) is 18.3. The highest BCUT2D eigenvalue weighted by molar-refractivity contribution is 5.83. The highest BCUT2D eigenvalue weighted by Gasteiger charge is 2.54. The molecule has 0 saturated carbocycles. The molecule has 0 aliphatic carbocycles. The SMILES string of the molecule is CC[C@H]1OC(=O)[C@H](CO)[C@@H](O[C@H]2C[C@@](C)(OC)[C@@H](O)[C@H](C)O2)[C@@H](C)[C@@H](O[C@@H]2O[C@H](C)C[C@H](N(C)C)[C@H]2O)[C@](C)(OC)C[C@@H](C)C(=O)[C@H](C)[C@H](O)[C@]1(C)O. The molecule has 3 rings (SSSR count). The van der Waals surface area contributed by atoms with Gasteiger partial charge < -0.3 is 63.6 Å². The van der Waals surface area contributed by atoms with E-state index in [1.54, 1.807) is 41.5 Å². The molecule has 310 valence electrons. The first-order chi connectivity index (χ1) is 24.5. The van der Waals surface area contributed by atoms with Crippen LogP contribution in [0.1, 0.15) is 88.0 Å². The highest BCUT2D eigenvalue weighted by atomic mass is 16.7. The number of hydrogen-bond acceptors (Lipinski definition) is 15. The van der Waals surface area contributed by atoms with Gasteiger partial charge in [-0.15, -0.1) is 0 Å². The first kappa shape index (κ1) is 46.0. The molecule has 0 radical (unpaired) electrons. The van der Waals surface area contributed by atoms with E-state index < -0.39 is 108 Å². The van der Waals surface area contributed by atoms with E-state index in [1.807, 2.05) is 25.9 Å². The predicted octanol–water partition coefficient (Wildman–Crippen LogP) is 1.41. The van der Waals surface area contributed by atoms with Crippen molar-refractivity contribution in [2.45, 2.75) is 172 Å². The molecule has 0 aromatic heterocycles. The van der Waals surface area contributed by atoms with Gasteiger partial charge in [0.2, 0.25) is 0 Å². The zero-order chi connectivity index (χ0) is 40.4. The summed E-state index contributed by atoms with van der Waals surface area (Å²) in [5, 5.41) is 56.6. The number of cyclic esters (lactones) is 1. The Kier molecular flexibility index (Phi) is 15.9. The number of rotatable bonds is 9. The first-order valence-corrected chi connectivity index (χ1v) is 19.0. The summed E-state index contributed by atoms with van der Waals surface area (Å²) < 4.78 is 43.6. The molecule has 3 heterocycles. The normalized spacial score (nSPS) is 48.3. The van der Waals surface area contributed by atoms with Crippen molar-refractivity contribution >= 4 is 11.8 Å². The number of ether oxygens (including phenoxy) is 7. The number of likely N-dealkylation sites (N-methyl/N-ethyl adjacent to an activating group) is 1. The molecule has 0 aromatic rings. The van der Waals surface area contributed by atoms with Gasteiger partial charge in [0, 0.05) is 44.4 Å². The van der Waals surface area contributed by atoms with Crippen molar-refractivity contribution in [3.8, 4) is 0 Å². The number of methoxy groups -OCH3 is 2. The first-order valence-electron chi connectivity index (χ1n) is 19.0. The van der Waals surface area contributed by atoms with Gasteiger partial charge in [0.25, 0.3) is 0 Å². The van der Waals surface area contributed by atoms with Gasteiger partial charge in [-0.25, -0.2) is 0 Å². The van der Waals surface area contributed by atoms with Crippen molar-refractivity contribution in [1.82, 2.24) is 4.90 Å². The Morgan fingerprint density at radius 2 is 1.49 bits per heavy atom. The quantitative estimate of drug-likeness (QED) is 0.211. The van der Waals surface area contributed by atoms with Crippen molar-refractivity contribution < 1.29 is 68.3 Å². The fraction of sp³-hybridized carbons (Fsp3) is 0.947. The minimum Gasteiger partial charge on any atom is -0.459 e. The van der Waals surface area contributed by atoms with Crippen LogP contribution in [0.5, 0.6) is 0 Å². The summed E-state index contributed by atoms with van der Waals surface area (Å²) in [6.07, 6.45) is -9.87. The average Bonchev–Trinajstić information content (AvgIpc) is 3.10. The van der Waals surface area contributed by atoms with Crippen molar-refractivity contribution in [2.24, 2.45) is 23.7 Å². The summed E-state index contributed by atoms with van der Waals surface area (Å²) in [6, 6.07) is -0.324. The van der Waals surface area contributed by atoms with Crippen LogP contribution in [0, 0.1) is 23.7 Å². The maximum absolute atomic E-state index is 14.2. The molecule has 3 aliphatic heterocycles. The minimum atomic E-state index is -2.05. The molecular formula is C38H69NO14. The lowest BCUT2D eigenvalue weighted by atomic mass is 9.73. The third-order valence-electron chi connectivity index (χ3n) is 12.3. The fourth-order valence-corrected chi connectivity index (χ4v) is 8.63. The number of carbonyl (C=O) groups excluding carboxylic acids is 2. The van der Waals surface area contributed by atoms with Crippen LogP contribution in [-0.4, -0.2) is 161 Å². The number of carbonyl (C=O) groups is 2. The molecule has 3 saturated heterocycles. The third-order valence-corrected chi connectivity index (χ3v) is 12.3. The number of aliphatic hydroxyl groups is 5. The van der Waals surface area contributed by atoms with Gasteiger partial charge >= 0.3 is 5.97 Å². The van der Waals surface area contributed by atoms with E-state index in [4.69, 9.17) is 33.2 Å². The zero-order valence-electron chi connectivity index (χ0n) is 34.1. The number of ketones is 1. The smallest absolute Gasteiger partial charge is 0.314 e. The van der Waals surface area contributed by atoms with Gasteiger partial charge in [0.15, 0.2) is 12.6 Å². The fourth-order valence-electron chi connectivity index (χ4n) is 8.63. The van der Waals surface area contributed by atoms with Gasteiger partial charge in [-0.05, 0) is 68.0 Å². The van der Waals surface area contributed by atoms with Gasteiger partial charge in [-0.1, -0.05) is 27.7 Å². The van der Waals surface area contributed by atoms with E-state index in [2.05, 4.69) is 0 Å². The van der Waals surface area contributed by atoms with E-state index in [0.29, 0.717) is 6.42 Å². The molecular weight excluding hydrogens is 694 g/mol. The second-order valence-corrected chi connectivity index (χ2v) is 16.6. The molecule has 18 atom stereocenters. The molecule has 0 unspecified atom stereocenters. The Bertz CT molecular complexity index is 1210. The number of Topliss-reactive ketones (excluding diaryl/α,β-unsaturated/α-hetero) is 1. The molecule has 15 nitrogen and oxygen atoms in total. The van der Waals surface area contributed by atoms with E-state index in [0.717, 1.165) is 0 Å². The lowest BCUT2D eigenvalue weighted by Gasteiger charge is -2.50. The molecule has 0 bridgehead atoms. The lowest BCUT2D eigenvalue weighted by molar-refractivity contribution is -0.320. The third kappa shape index (κ3) is 9.80. The maximum atomic E-state index is 14.2. The molecule has 5 N–H and O–H groups in total. The monoisotopic (exact) mass is 763 g/mol. The summed E-state index contributed by atoms with van der Waals surface area (Å²) >= 11 is 0. The number of esters is 1. The van der Waals surface area contributed by atoms with E-state index in [-0.39, 0.29) is 37.2 Å². The summed E-state index contributed by atoms with van der Waals surface area (Å²) in [4.78, 5) is 30.1. The highest BCUT2D eigenvalue weighted by Crippen LogP contribution is 2.42. The van der Waals surface area contributed by atoms with E-state index in [9.17, 15) is 35.1 Å². The summed E-state index contributed by atoms with van der Waals surface area (Å²) in [5.41, 5.74) is -4.47. The van der Waals surface area contributed by atoms with Crippen LogP contribution >= 0.6 is 0 Å². The maximum Gasteiger partial charge on any atom is 0.314 e.